The monoisotopic (exact) mass is 378 g/mol. The smallest absolute Gasteiger partial charge is 0.0905 e. The lowest BCUT2D eigenvalue weighted by Gasteiger charge is -2.40. The Balaban J connectivity index is 5.22. The molecular weight excluding hydrogens is 334 g/mol. The molecule has 4 heteroatoms. The van der Waals surface area contributed by atoms with Crippen molar-refractivity contribution in [2.75, 3.05) is 25.7 Å². The molecule has 0 aromatic heterocycles. The summed E-state index contributed by atoms with van der Waals surface area (Å²) in [5, 5.41) is -0.418. The molecule has 0 heterocycles. The Kier molecular flexibility index (Phi) is 7.37. The van der Waals surface area contributed by atoms with Crippen LogP contribution in [-0.2, 0) is 9.13 Å². The Morgan fingerprint density at radius 1 is 0.542 bits per heavy atom. The van der Waals surface area contributed by atoms with Crippen molar-refractivity contribution >= 4 is 14.3 Å². The van der Waals surface area contributed by atoms with Gasteiger partial charge in [0.15, 0.2) is 0 Å². The fraction of sp³-hybridized carbons (Fsp3) is 1.00. The van der Waals surface area contributed by atoms with Crippen molar-refractivity contribution < 1.29 is 9.13 Å². The third-order valence-corrected chi connectivity index (χ3v) is 13.4. The maximum absolute atomic E-state index is 13.5. The fourth-order valence-corrected chi connectivity index (χ4v) is 9.80. The van der Waals surface area contributed by atoms with Crippen LogP contribution >= 0.6 is 14.3 Å². The summed E-state index contributed by atoms with van der Waals surface area (Å²) >= 11 is 0. The average Bonchev–Trinajstić information content (AvgIpc) is 2.19. The topological polar surface area (TPSA) is 34.1 Å². The highest BCUT2D eigenvalue weighted by Gasteiger charge is 2.43. The molecule has 0 bridgehead atoms. The summed E-state index contributed by atoms with van der Waals surface area (Å²) in [6, 6.07) is 0. The van der Waals surface area contributed by atoms with Gasteiger partial charge >= 0.3 is 0 Å². The third-order valence-electron chi connectivity index (χ3n) is 5.44. The highest BCUT2D eigenvalue weighted by atomic mass is 31.2. The number of hydrogen-bond acceptors (Lipinski definition) is 2. The maximum atomic E-state index is 13.5. The van der Waals surface area contributed by atoms with Crippen molar-refractivity contribution in [1.29, 1.82) is 0 Å². The van der Waals surface area contributed by atoms with E-state index in [2.05, 4.69) is 69.2 Å². The highest BCUT2D eigenvalue weighted by molar-refractivity contribution is 7.68. The molecule has 0 aliphatic rings. The zero-order valence-corrected chi connectivity index (χ0v) is 20.3. The number of hydrogen-bond donors (Lipinski definition) is 0. The van der Waals surface area contributed by atoms with Crippen LogP contribution in [-0.4, -0.2) is 36.0 Å². The van der Waals surface area contributed by atoms with Gasteiger partial charge in [-0.2, -0.15) is 0 Å². The summed E-state index contributed by atoms with van der Waals surface area (Å²) in [6.45, 7) is 25.6. The van der Waals surface area contributed by atoms with Crippen LogP contribution in [0.4, 0.5) is 0 Å². The van der Waals surface area contributed by atoms with Crippen molar-refractivity contribution in [1.82, 2.24) is 0 Å². The Hall–Kier alpha value is 0.460. The molecule has 24 heavy (non-hydrogen) atoms. The molecule has 0 radical (unpaired) electrons. The van der Waals surface area contributed by atoms with Gasteiger partial charge < -0.3 is 9.13 Å². The summed E-state index contributed by atoms with van der Waals surface area (Å²) in [5.41, 5.74) is 0.299. The van der Waals surface area contributed by atoms with E-state index in [0.29, 0.717) is 12.3 Å². The molecule has 0 spiro atoms. The lowest BCUT2D eigenvalue weighted by molar-refractivity contribution is 0.327. The summed E-state index contributed by atoms with van der Waals surface area (Å²) in [7, 11) is -4.76. The zero-order chi connectivity index (χ0) is 19.8. The molecule has 0 aromatic rings. The molecule has 2 nitrogen and oxygen atoms in total. The minimum atomic E-state index is -2.38. The zero-order valence-electron chi connectivity index (χ0n) is 18.5. The second-order valence-corrected chi connectivity index (χ2v) is 19.5. The van der Waals surface area contributed by atoms with Crippen LogP contribution in [0.3, 0.4) is 0 Å². The molecular formula is C20H44O2P2. The minimum absolute atomic E-state index is 0.149. The Labute approximate surface area is 152 Å². The Bertz CT molecular complexity index is 469. The first-order valence-corrected chi connectivity index (χ1v) is 13.9. The molecule has 0 amide bonds. The summed E-state index contributed by atoms with van der Waals surface area (Å²) in [4.78, 5) is 0. The Morgan fingerprint density at radius 2 is 0.750 bits per heavy atom. The molecule has 0 aromatic carbocycles. The highest BCUT2D eigenvalue weighted by Crippen LogP contribution is 2.64. The normalized spacial score (nSPS) is 19.7. The van der Waals surface area contributed by atoms with Crippen molar-refractivity contribution in [2.24, 2.45) is 10.8 Å². The van der Waals surface area contributed by atoms with E-state index < -0.39 is 14.3 Å². The molecule has 0 aliphatic carbocycles. The molecule has 0 N–H and O–H groups in total. The van der Waals surface area contributed by atoms with Gasteiger partial charge in [-0.25, -0.2) is 0 Å². The molecule has 0 fully saturated rings. The van der Waals surface area contributed by atoms with Crippen LogP contribution in [0.15, 0.2) is 0 Å². The first-order valence-electron chi connectivity index (χ1n) is 9.25. The van der Waals surface area contributed by atoms with Gasteiger partial charge in [-0.3, -0.25) is 0 Å². The van der Waals surface area contributed by atoms with Gasteiger partial charge in [0.1, 0.15) is 0 Å². The van der Waals surface area contributed by atoms with E-state index in [1.54, 1.807) is 0 Å². The minimum Gasteiger partial charge on any atom is -0.323 e. The van der Waals surface area contributed by atoms with E-state index in [4.69, 9.17) is 0 Å². The molecule has 0 saturated heterocycles. The van der Waals surface area contributed by atoms with E-state index in [1.807, 2.05) is 13.3 Å². The van der Waals surface area contributed by atoms with Crippen LogP contribution in [0.1, 0.15) is 82.1 Å². The average molecular weight is 379 g/mol. The van der Waals surface area contributed by atoms with Gasteiger partial charge in [-0.05, 0) is 37.0 Å². The summed E-state index contributed by atoms with van der Waals surface area (Å²) < 4.78 is 26.9. The van der Waals surface area contributed by atoms with Gasteiger partial charge in [-0.1, -0.05) is 69.2 Å². The van der Waals surface area contributed by atoms with Crippen LogP contribution in [0.25, 0.3) is 0 Å². The van der Waals surface area contributed by atoms with Gasteiger partial charge in [0.2, 0.25) is 0 Å². The summed E-state index contributed by atoms with van der Waals surface area (Å²) in [5.74, 6) is 0. The van der Waals surface area contributed by atoms with Gasteiger partial charge in [0, 0.05) is 22.6 Å². The molecule has 2 atom stereocenters. The van der Waals surface area contributed by atoms with E-state index in [1.165, 1.54) is 0 Å². The predicted octanol–water partition coefficient (Wildman–Crippen LogP) is 7.40. The number of rotatable bonds is 7. The van der Waals surface area contributed by atoms with Gasteiger partial charge in [0.25, 0.3) is 0 Å². The van der Waals surface area contributed by atoms with Crippen molar-refractivity contribution in [3.05, 3.63) is 0 Å². The van der Waals surface area contributed by atoms with Crippen LogP contribution in [0.2, 0.25) is 0 Å². The van der Waals surface area contributed by atoms with Crippen LogP contribution < -0.4 is 0 Å². The van der Waals surface area contributed by atoms with E-state index in [9.17, 15) is 9.13 Å². The predicted molar refractivity (Wildman–Crippen MR) is 113 cm³/mol. The van der Waals surface area contributed by atoms with Crippen molar-refractivity contribution in [2.45, 2.75) is 92.4 Å². The molecule has 0 saturated carbocycles. The second-order valence-electron chi connectivity index (χ2n) is 11.7. The SMILES string of the molecule is CC(C)(C)CC(C)(C)[P@@](C)(=O)CC[P@@](C)(=O)C(C)(C)CC(C)(C)C. The standard InChI is InChI=1S/C20H44O2P2/c1-17(2,3)15-19(7,8)23(11,21)13-14-24(12,22)20(9,10)16-18(4,5)6/h13-16H2,1-12H3/t23-,24+. The van der Waals surface area contributed by atoms with Gasteiger partial charge in [0.05, 0.1) is 14.3 Å². The largest absolute Gasteiger partial charge is 0.323 e. The first kappa shape index (κ1) is 24.5. The van der Waals surface area contributed by atoms with Crippen molar-refractivity contribution in [3.63, 3.8) is 0 Å². The lowest BCUT2D eigenvalue weighted by atomic mass is 9.86. The molecule has 0 aliphatic heterocycles. The van der Waals surface area contributed by atoms with E-state index in [0.717, 1.165) is 12.8 Å². The quantitative estimate of drug-likeness (QED) is 0.432. The summed E-state index contributed by atoms with van der Waals surface area (Å²) in [6.07, 6.45) is 3.04. The third kappa shape index (κ3) is 7.37. The maximum Gasteiger partial charge on any atom is 0.0905 e. The molecule has 0 rings (SSSR count). The Morgan fingerprint density at radius 3 is 0.917 bits per heavy atom. The van der Waals surface area contributed by atoms with Crippen molar-refractivity contribution in [3.8, 4) is 0 Å². The fourth-order valence-electron chi connectivity index (χ4n) is 3.92. The van der Waals surface area contributed by atoms with Crippen LogP contribution in [0.5, 0.6) is 0 Å². The second kappa shape index (κ2) is 7.23. The molecule has 146 valence electrons. The van der Waals surface area contributed by atoms with Crippen LogP contribution in [0, 0.1) is 10.8 Å². The molecule has 0 unspecified atom stereocenters. The van der Waals surface area contributed by atoms with E-state index in [-0.39, 0.29) is 21.1 Å². The van der Waals surface area contributed by atoms with E-state index >= 15 is 0 Å². The lowest BCUT2D eigenvalue weighted by Crippen LogP contribution is -2.31. The first-order chi connectivity index (χ1) is 10.1. The van der Waals surface area contributed by atoms with Gasteiger partial charge in [-0.15, -0.1) is 0 Å².